The summed E-state index contributed by atoms with van der Waals surface area (Å²) in [5, 5.41) is 1.84. The van der Waals surface area contributed by atoms with Gasteiger partial charge in [-0.1, -0.05) is 48.2 Å². The van der Waals surface area contributed by atoms with Crippen LogP contribution in [-0.2, 0) is 12.7 Å². The maximum Gasteiger partial charge on any atom is 0.416 e. The summed E-state index contributed by atoms with van der Waals surface area (Å²) in [4.78, 5) is 3.62. The average Bonchev–Trinajstić information content (AvgIpc) is 3.27. The van der Waals surface area contributed by atoms with Crippen molar-refractivity contribution in [2.24, 2.45) is 0 Å². The number of para-hydroxylation sites is 1. The second kappa shape index (κ2) is 12.1. The van der Waals surface area contributed by atoms with E-state index in [9.17, 15) is 13.2 Å². The highest BCUT2D eigenvalue weighted by molar-refractivity contribution is 8.03. The Bertz CT molecular complexity index is 1450. The lowest BCUT2D eigenvalue weighted by Crippen LogP contribution is -3.00. The number of halogens is 4. The number of aryl methyl sites for hydroxylation is 1. The van der Waals surface area contributed by atoms with Crippen LogP contribution >= 0.6 is 11.8 Å². The molecule has 0 atom stereocenters. The Labute approximate surface area is 243 Å². The molecule has 0 saturated carbocycles. The maximum absolute atomic E-state index is 13.4. The molecule has 0 saturated heterocycles. The molecule has 3 aromatic rings. The first-order chi connectivity index (χ1) is 17.9. The number of benzene rings is 2. The molecular weight excluding hydrogens is 616 g/mol. The molecule has 0 fully saturated rings. The van der Waals surface area contributed by atoms with E-state index in [1.165, 1.54) is 32.8 Å². The molecule has 5 rings (SSSR count). The van der Waals surface area contributed by atoms with Crippen molar-refractivity contribution in [2.75, 3.05) is 11.4 Å². The largest absolute Gasteiger partial charge is 1.00 e. The van der Waals surface area contributed by atoms with Gasteiger partial charge in [-0.2, -0.15) is 17.7 Å². The fourth-order valence-corrected chi connectivity index (χ4v) is 6.10. The number of alkyl halides is 3. The maximum atomic E-state index is 13.4. The molecule has 2 aliphatic rings. The second-order valence-corrected chi connectivity index (χ2v) is 10.3. The van der Waals surface area contributed by atoms with Gasteiger partial charge in [0.05, 0.1) is 21.7 Å². The molecule has 0 radical (unpaired) electrons. The minimum absolute atomic E-state index is 0. The fourth-order valence-electron chi connectivity index (χ4n) is 4.98. The Morgan fingerprint density at radius 2 is 1.82 bits per heavy atom. The number of hydrogen-bond donors (Lipinski definition) is 0. The predicted molar refractivity (Wildman–Crippen MR) is 147 cm³/mol. The van der Waals surface area contributed by atoms with Crippen molar-refractivity contribution in [3.05, 3.63) is 106 Å². The van der Waals surface area contributed by atoms with Gasteiger partial charge in [-0.3, -0.25) is 0 Å². The highest BCUT2D eigenvalue weighted by atomic mass is 127. The SMILES string of the molecule is CCN1/C(=C\C=C2C=C(/C=C/c3cc[n+](CC)c4ccc(C(F)(F)F)cc34)CCC\2)Sc2ccccc21.[I-]. The lowest BCUT2D eigenvalue weighted by molar-refractivity contribution is -0.667. The molecule has 0 unspecified atom stereocenters. The molecule has 0 spiro atoms. The smallest absolute Gasteiger partial charge is 0.416 e. The minimum Gasteiger partial charge on any atom is -1.00 e. The summed E-state index contributed by atoms with van der Waals surface area (Å²) in [6, 6.07) is 14.4. The highest BCUT2D eigenvalue weighted by Crippen LogP contribution is 2.45. The van der Waals surface area contributed by atoms with E-state index < -0.39 is 11.7 Å². The first kappa shape index (κ1) is 28.5. The second-order valence-electron chi connectivity index (χ2n) is 9.25. The van der Waals surface area contributed by atoms with Crippen molar-refractivity contribution in [3.8, 4) is 0 Å². The Morgan fingerprint density at radius 1 is 1.00 bits per heavy atom. The van der Waals surface area contributed by atoms with Crippen molar-refractivity contribution in [3.63, 3.8) is 0 Å². The fraction of sp³-hybridized carbons (Fsp3) is 0.258. The monoisotopic (exact) mass is 646 g/mol. The van der Waals surface area contributed by atoms with Gasteiger partial charge in [-0.25, -0.2) is 0 Å². The normalized spacial score (nSPS) is 17.8. The summed E-state index contributed by atoms with van der Waals surface area (Å²) < 4.78 is 42.2. The number of anilines is 1. The van der Waals surface area contributed by atoms with Crippen LogP contribution in [0.25, 0.3) is 17.0 Å². The van der Waals surface area contributed by atoms with Crippen molar-refractivity contribution in [1.82, 2.24) is 0 Å². The number of fused-ring (bicyclic) bond motifs is 2. The van der Waals surface area contributed by atoms with Crippen LogP contribution in [0, 0.1) is 0 Å². The van der Waals surface area contributed by atoms with Gasteiger partial charge in [0.2, 0.25) is 5.52 Å². The average molecular weight is 647 g/mol. The number of nitrogens with zero attached hydrogens (tertiary/aromatic N) is 2. The molecule has 1 aliphatic carbocycles. The Hall–Kier alpha value is -2.52. The summed E-state index contributed by atoms with van der Waals surface area (Å²) in [5.41, 5.74) is 4.70. The van der Waals surface area contributed by atoms with Crippen LogP contribution < -0.4 is 33.4 Å². The lowest BCUT2D eigenvalue weighted by atomic mass is 9.94. The van der Waals surface area contributed by atoms with Gasteiger partial charge in [0, 0.05) is 23.6 Å². The number of thioether (sulfide) groups is 1. The zero-order valence-electron chi connectivity index (χ0n) is 21.4. The van der Waals surface area contributed by atoms with Crippen LogP contribution in [-0.4, -0.2) is 6.54 Å². The molecule has 2 aromatic carbocycles. The van der Waals surface area contributed by atoms with Gasteiger partial charge < -0.3 is 28.9 Å². The zero-order valence-corrected chi connectivity index (χ0v) is 24.4. The third-order valence-electron chi connectivity index (χ3n) is 6.89. The summed E-state index contributed by atoms with van der Waals surface area (Å²) in [5.74, 6) is 0. The zero-order chi connectivity index (χ0) is 26.0. The number of aromatic nitrogens is 1. The van der Waals surface area contributed by atoms with Crippen molar-refractivity contribution in [1.29, 1.82) is 0 Å². The molecule has 2 nitrogen and oxygen atoms in total. The highest BCUT2D eigenvalue weighted by Gasteiger charge is 2.31. The number of pyridine rings is 1. The van der Waals surface area contributed by atoms with Crippen LogP contribution in [0.1, 0.15) is 44.2 Å². The first-order valence-electron chi connectivity index (χ1n) is 12.7. The molecule has 1 aromatic heterocycles. The topological polar surface area (TPSA) is 7.12 Å². The Balaban J connectivity index is 0.00000336. The summed E-state index contributed by atoms with van der Waals surface area (Å²) >= 11 is 1.80. The molecule has 2 heterocycles. The van der Waals surface area contributed by atoms with Crippen LogP contribution in [0.2, 0.25) is 0 Å². The van der Waals surface area contributed by atoms with E-state index in [0.717, 1.165) is 43.0 Å². The standard InChI is InChI=1S/C31H30F3N2S.HI/c1-3-35-19-18-24(26-21-25(31(32,33)34)15-16-27(26)35)14-12-22-8-7-9-23(20-22)13-17-30-36(4-2)28-10-5-6-11-29(28)37-30;/h5-6,10-21H,3-4,7-9H2,1-2H3;1H/q+1;/p-1. The van der Waals surface area contributed by atoms with E-state index in [4.69, 9.17) is 0 Å². The van der Waals surface area contributed by atoms with E-state index in [2.05, 4.69) is 60.4 Å². The summed E-state index contributed by atoms with van der Waals surface area (Å²) in [7, 11) is 0. The van der Waals surface area contributed by atoms with Gasteiger partial charge in [0.1, 0.15) is 6.54 Å². The quantitative estimate of drug-likeness (QED) is 0.260. The van der Waals surface area contributed by atoms with E-state index in [0.29, 0.717) is 11.9 Å². The molecule has 7 heteroatoms. The van der Waals surface area contributed by atoms with Crippen LogP contribution in [0.15, 0.2) is 100 Å². The minimum atomic E-state index is -4.37. The number of allylic oxidation sites excluding steroid dienone is 6. The van der Waals surface area contributed by atoms with Crippen LogP contribution in [0.5, 0.6) is 0 Å². The van der Waals surface area contributed by atoms with Gasteiger partial charge in [-0.05, 0) is 80.2 Å². The Kier molecular flexibility index (Phi) is 9.08. The Morgan fingerprint density at radius 3 is 2.58 bits per heavy atom. The molecule has 38 heavy (non-hydrogen) atoms. The lowest BCUT2D eigenvalue weighted by Gasteiger charge is -2.18. The first-order valence-corrected chi connectivity index (χ1v) is 13.6. The van der Waals surface area contributed by atoms with Crippen LogP contribution in [0.3, 0.4) is 0 Å². The molecule has 0 amide bonds. The van der Waals surface area contributed by atoms with E-state index in [-0.39, 0.29) is 24.0 Å². The van der Waals surface area contributed by atoms with Gasteiger partial charge in [0.15, 0.2) is 6.20 Å². The molecule has 0 N–H and O–H groups in total. The van der Waals surface area contributed by atoms with Crippen molar-refractivity contribution in [2.45, 2.75) is 50.7 Å². The molecule has 1 aliphatic heterocycles. The summed E-state index contributed by atoms with van der Waals surface area (Å²) in [6.45, 7) is 5.77. The van der Waals surface area contributed by atoms with Gasteiger partial charge >= 0.3 is 6.18 Å². The predicted octanol–water partition coefficient (Wildman–Crippen LogP) is 5.69. The van der Waals surface area contributed by atoms with E-state index in [1.807, 2.05) is 29.8 Å². The van der Waals surface area contributed by atoms with Gasteiger partial charge in [-0.15, -0.1) is 0 Å². The molecule has 198 valence electrons. The molecular formula is C31H30F3IN2S. The van der Waals surface area contributed by atoms with E-state index in [1.54, 1.807) is 17.8 Å². The third-order valence-corrected chi connectivity index (χ3v) is 8.02. The van der Waals surface area contributed by atoms with E-state index >= 15 is 0 Å². The van der Waals surface area contributed by atoms with Crippen molar-refractivity contribution < 1.29 is 41.7 Å². The number of rotatable bonds is 5. The number of hydrogen-bond acceptors (Lipinski definition) is 2. The van der Waals surface area contributed by atoms with Crippen LogP contribution in [0.4, 0.5) is 18.9 Å². The summed E-state index contributed by atoms with van der Waals surface area (Å²) in [6.07, 6.45) is 11.3. The van der Waals surface area contributed by atoms with Crippen molar-refractivity contribution >= 4 is 34.4 Å². The van der Waals surface area contributed by atoms with Gasteiger partial charge in [0.25, 0.3) is 0 Å². The molecule has 0 bridgehead atoms. The third kappa shape index (κ3) is 6.04.